The van der Waals surface area contributed by atoms with E-state index in [1.165, 1.54) is 0 Å². The molecular formula is C16H19N3O2. The van der Waals surface area contributed by atoms with Gasteiger partial charge < -0.3 is 15.0 Å². The third-order valence-electron chi connectivity index (χ3n) is 3.72. The van der Waals surface area contributed by atoms with E-state index >= 15 is 0 Å². The van der Waals surface area contributed by atoms with E-state index < -0.39 is 0 Å². The molecule has 1 aromatic carbocycles. The average molecular weight is 285 g/mol. The van der Waals surface area contributed by atoms with Crippen molar-refractivity contribution in [3.8, 4) is 0 Å². The molecule has 1 fully saturated rings. The van der Waals surface area contributed by atoms with Gasteiger partial charge in [0.05, 0.1) is 17.3 Å². The molecule has 1 aliphatic rings. The van der Waals surface area contributed by atoms with Crippen LogP contribution < -0.4 is 5.32 Å². The fraction of sp³-hybridized carbons (Fsp3) is 0.375. The number of nitrogens with zero attached hydrogens (tertiary/aromatic N) is 2. The second-order valence-corrected chi connectivity index (χ2v) is 5.33. The summed E-state index contributed by atoms with van der Waals surface area (Å²) in [6.45, 7) is 1.41. The van der Waals surface area contributed by atoms with Crippen LogP contribution in [0.25, 0.3) is 10.9 Å². The Kier molecular flexibility index (Phi) is 4.01. The van der Waals surface area contributed by atoms with Gasteiger partial charge in [0.15, 0.2) is 0 Å². The van der Waals surface area contributed by atoms with Crippen molar-refractivity contribution in [3.63, 3.8) is 0 Å². The van der Waals surface area contributed by atoms with E-state index in [1.807, 2.05) is 30.3 Å². The molecule has 2 amide bonds. The van der Waals surface area contributed by atoms with E-state index in [1.54, 1.807) is 18.1 Å². The number of likely N-dealkylation sites (N-methyl/N-ethyl adjacent to an activating group) is 1. The molecule has 0 aliphatic carbocycles. The lowest BCUT2D eigenvalue weighted by molar-refractivity contribution is 0.0894. The summed E-state index contributed by atoms with van der Waals surface area (Å²) in [5, 5.41) is 3.94. The minimum atomic E-state index is -0.136. The van der Waals surface area contributed by atoms with E-state index in [-0.39, 0.29) is 12.1 Å². The number of fused-ring (bicyclic) bond motifs is 1. The molecule has 5 heteroatoms. The lowest BCUT2D eigenvalue weighted by atomic mass is 10.2. The highest BCUT2D eigenvalue weighted by molar-refractivity contribution is 5.99. The highest BCUT2D eigenvalue weighted by atomic mass is 16.5. The maximum Gasteiger partial charge on any atom is 0.321 e. The number of ether oxygens (including phenoxy) is 1. The average Bonchev–Trinajstić information content (AvgIpc) is 3.00. The van der Waals surface area contributed by atoms with Gasteiger partial charge in [-0.05, 0) is 25.0 Å². The predicted molar refractivity (Wildman–Crippen MR) is 82.4 cm³/mol. The molecule has 2 aromatic rings. The van der Waals surface area contributed by atoms with E-state index in [9.17, 15) is 4.79 Å². The Morgan fingerprint density at radius 3 is 3.10 bits per heavy atom. The minimum Gasteiger partial charge on any atom is -0.376 e. The molecule has 1 aromatic heterocycles. The fourth-order valence-electron chi connectivity index (χ4n) is 2.59. The Bertz CT molecular complexity index is 633. The molecule has 0 radical (unpaired) electrons. The number of pyridine rings is 1. The molecular weight excluding hydrogens is 266 g/mol. The van der Waals surface area contributed by atoms with E-state index in [0.29, 0.717) is 6.54 Å². The number of urea groups is 1. The monoisotopic (exact) mass is 285 g/mol. The van der Waals surface area contributed by atoms with Gasteiger partial charge in [0.1, 0.15) is 0 Å². The van der Waals surface area contributed by atoms with Gasteiger partial charge in [-0.1, -0.05) is 18.2 Å². The van der Waals surface area contributed by atoms with Crippen molar-refractivity contribution in [3.05, 3.63) is 36.5 Å². The van der Waals surface area contributed by atoms with Crippen molar-refractivity contribution in [2.75, 3.05) is 25.5 Å². The molecule has 1 aliphatic heterocycles. The van der Waals surface area contributed by atoms with Crippen LogP contribution in [0.3, 0.4) is 0 Å². The summed E-state index contributed by atoms with van der Waals surface area (Å²) in [5.41, 5.74) is 1.54. The first-order chi connectivity index (χ1) is 10.2. The summed E-state index contributed by atoms with van der Waals surface area (Å²) < 4.78 is 5.56. The third kappa shape index (κ3) is 3.13. The lowest BCUT2D eigenvalue weighted by Crippen LogP contribution is -2.37. The number of benzene rings is 1. The molecule has 0 saturated carbocycles. The minimum absolute atomic E-state index is 0.136. The third-order valence-corrected chi connectivity index (χ3v) is 3.72. The number of hydrogen-bond acceptors (Lipinski definition) is 3. The molecule has 0 spiro atoms. The molecule has 2 heterocycles. The number of nitrogens with one attached hydrogen (secondary N) is 1. The summed E-state index contributed by atoms with van der Waals surface area (Å²) in [6.07, 6.45) is 3.99. The summed E-state index contributed by atoms with van der Waals surface area (Å²) in [4.78, 5) is 18.3. The first-order valence-corrected chi connectivity index (χ1v) is 7.21. The molecule has 3 rings (SSSR count). The van der Waals surface area contributed by atoms with Gasteiger partial charge >= 0.3 is 6.03 Å². The zero-order chi connectivity index (χ0) is 14.7. The number of aromatic nitrogens is 1. The van der Waals surface area contributed by atoms with Gasteiger partial charge in [-0.3, -0.25) is 4.98 Å². The molecule has 1 unspecified atom stereocenters. The Balaban J connectivity index is 1.70. The van der Waals surface area contributed by atoms with Crippen molar-refractivity contribution in [1.82, 2.24) is 9.88 Å². The zero-order valence-corrected chi connectivity index (χ0v) is 12.1. The zero-order valence-electron chi connectivity index (χ0n) is 12.1. The summed E-state index contributed by atoms with van der Waals surface area (Å²) >= 11 is 0. The first kappa shape index (κ1) is 13.8. The summed E-state index contributed by atoms with van der Waals surface area (Å²) in [6, 6.07) is 9.50. The predicted octanol–water partition coefficient (Wildman–Crippen LogP) is 2.88. The second-order valence-electron chi connectivity index (χ2n) is 5.33. The van der Waals surface area contributed by atoms with Gasteiger partial charge in [-0.15, -0.1) is 0 Å². The molecule has 110 valence electrons. The maximum atomic E-state index is 12.3. The SMILES string of the molecule is CN(CC1CCCO1)C(=O)Nc1cccc2cccnc12. The Hall–Kier alpha value is -2.14. The second kappa shape index (κ2) is 6.10. The molecule has 5 nitrogen and oxygen atoms in total. The standard InChI is InChI=1S/C16H19N3O2/c1-19(11-13-7-4-10-21-13)16(20)18-14-8-2-5-12-6-3-9-17-15(12)14/h2-3,5-6,8-9,13H,4,7,10-11H2,1H3,(H,18,20). The number of para-hydroxylation sites is 1. The van der Waals surface area contributed by atoms with Crippen molar-refractivity contribution >= 4 is 22.6 Å². The topological polar surface area (TPSA) is 54.5 Å². The van der Waals surface area contributed by atoms with Crippen LogP contribution in [0.4, 0.5) is 10.5 Å². The molecule has 1 saturated heterocycles. The Morgan fingerprint density at radius 2 is 2.29 bits per heavy atom. The number of anilines is 1. The van der Waals surface area contributed by atoms with Crippen molar-refractivity contribution < 1.29 is 9.53 Å². The van der Waals surface area contributed by atoms with Gasteiger partial charge in [0.25, 0.3) is 0 Å². The van der Waals surface area contributed by atoms with Crippen LogP contribution in [-0.2, 0) is 4.74 Å². The van der Waals surface area contributed by atoms with E-state index in [0.717, 1.165) is 36.0 Å². The largest absolute Gasteiger partial charge is 0.376 e. The highest BCUT2D eigenvalue weighted by Gasteiger charge is 2.20. The smallest absolute Gasteiger partial charge is 0.321 e. The fourth-order valence-corrected chi connectivity index (χ4v) is 2.59. The van der Waals surface area contributed by atoms with Crippen molar-refractivity contribution in [1.29, 1.82) is 0 Å². The maximum absolute atomic E-state index is 12.3. The Morgan fingerprint density at radius 1 is 1.43 bits per heavy atom. The number of hydrogen-bond donors (Lipinski definition) is 1. The van der Waals surface area contributed by atoms with Crippen LogP contribution in [0, 0.1) is 0 Å². The van der Waals surface area contributed by atoms with Crippen LogP contribution in [0.2, 0.25) is 0 Å². The number of rotatable bonds is 3. The van der Waals surface area contributed by atoms with E-state index in [4.69, 9.17) is 4.74 Å². The van der Waals surface area contributed by atoms with Crippen molar-refractivity contribution in [2.45, 2.75) is 18.9 Å². The van der Waals surface area contributed by atoms with Gasteiger partial charge in [-0.25, -0.2) is 4.79 Å². The molecule has 0 bridgehead atoms. The summed E-state index contributed by atoms with van der Waals surface area (Å²) in [5.74, 6) is 0. The van der Waals surface area contributed by atoms with Gasteiger partial charge in [0.2, 0.25) is 0 Å². The number of carbonyl (C=O) groups is 1. The summed E-state index contributed by atoms with van der Waals surface area (Å²) in [7, 11) is 1.79. The van der Waals surface area contributed by atoms with Crippen molar-refractivity contribution in [2.24, 2.45) is 0 Å². The molecule has 21 heavy (non-hydrogen) atoms. The van der Waals surface area contributed by atoms with Crippen LogP contribution in [0.5, 0.6) is 0 Å². The molecule has 1 N–H and O–H groups in total. The first-order valence-electron chi connectivity index (χ1n) is 7.21. The van der Waals surface area contributed by atoms with E-state index in [2.05, 4.69) is 10.3 Å². The van der Waals surface area contributed by atoms with Crippen LogP contribution in [0.15, 0.2) is 36.5 Å². The van der Waals surface area contributed by atoms with Crippen LogP contribution in [-0.4, -0.2) is 42.2 Å². The Labute approximate surface area is 123 Å². The lowest BCUT2D eigenvalue weighted by Gasteiger charge is -2.21. The van der Waals surface area contributed by atoms with Crippen LogP contribution >= 0.6 is 0 Å². The molecule has 1 atom stereocenters. The quantitative estimate of drug-likeness (QED) is 0.943. The van der Waals surface area contributed by atoms with Crippen LogP contribution in [0.1, 0.15) is 12.8 Å². The van der Waals surface area contributed by atoms with Gasteiger partial charge in [-0.2, -0.15) is 0 Å². The highest BCUT2D eigenvalue weighted by Crippen LogP contribution is 2.21. The van der Waals surface area contributed by atoms with Gasteiger partial charge in [0, 0.05) is 31.8 Å². The number of amides is 2. The number of carbonyl (C=O) groups excluding carboxylic acids is 1. The normalized spacial score (nSPS) is 17.9.